The lowest BCUT2D eigenvalue weighted by molar-refractivity contribution is -0.134. The van der Waals surface area contributed by atoms with E-state index in [1.807, 2.05) is 25.1 Å². The molecule has 4 heteroatoms. The van der Waals surface area contributed by atoms with Crippen molar-refractivity contribution in [1.82, 2.24) is 9.88 Å². The van der Waals surface area contributed by atoms with Gasteiger partial charge in [-0.05, 0) is 18.6 Å². The van der Waals surface area contributed by atoms with Crippen LogP contribution >= 0.6 is 0 Å². The summed E-state index contributed by atoms with van der Waals surface area (Å²) >= 11 is 0. The zero-order valence-electron chi connectivity index (χ0n) is 10.6. The lowest BCUT2D eigenvalue weighted by atomic mass is 10.2. The Hall–Kier alpha value is -1.42. The zero-order chi connectivity index (χ0) is 12.5. The lowest BCUT2D eigenvalue weighted by Gasteiger charge is -2.16. The summed E-state index contributed by atoms with van der Waals surface area (Å²) in [6, 6.07) is 5.80. The largest absolute Gasteiger partial charge is 0.372 e. The van der Waals surface area contributed by atoms with Gasteiger partial charge in [0.1, 0.15) is 6.61 Å². The summed E-state index contributed by atoms with van der Waals surface area (Å²) in [4.78, 5) is 17.5. The Bertz CT molecular complexity index is 327. The number of rotatable bonds is 7. The van der Waals surface area contributed by atoms with E-state index in [0.29, 0.717) is 13.2 Å². The third kappa shape index (κ3) is 5.45. The Morgan fingerprint density at radius 1 is 1.47 bits per heavy atom. The van der Waals surface area contributed by atoms with Crippen molar-refractivity contribution in [2.24, 2.45) is 0 Å². The van der Waals surface area contributed by atoms with Crippen molar-refractivity contribution in [1.29, 1.82) is 0 Å². The summed E-state index contributed by atoms with van der Waals surface area (Å²) in [6.45, 7) is 3.51. The molecule has 17 heavy (non-hydrogen) atoms. The highest BCUT2D eigenvalue weighted by Crippen LogP contribution is 1.97. The minimum atomic E-state index is 0.0226. The number of carbonyl (C=O) groups is 1. The number of hydrogen-bond donors (Lipinski definition) is 0. The molecule has 0 aliphatic rings. The molecule has 4 nitrogen and oxygen atoms in total. The summed E-state index contributed by atoms with van der Waals surface area (Å²) in [5.41, 5.74) is 1.00. The van der Waals surface area contributed by atoms with Gasteiger partial charge in [-0.1, -0.05) is 13.0 Å². The number of ether oxygens (including phenoxy) is 1. The molecule has 0 bridgehead atoms. The van der Waals surface area contributed by atoms with Gasteiger partial charge >= 0.3 is 0 Å². The van der Waals surface area contributed by atoms with E-state index >= 15 is 0 Å². The van der Waals surface area contributed by atoms with Crippen molar-refractivity contribution in [2.45, 2.75) is 19.8 Å². The molecule has 0 saturated heterocycles. The Morgan fingerprint density at radius 2 is 2.29 bits per heavy atom. The second kappa shape index (κ2) is 7.79. The molecule has 0 unspecified atom stereocenters. The first-order valence-electron chi connectivity index (χ1n) is 5.95. The average Bonchev–Trinajstić information content (AvgIpc) is 2.37. The summed E-state index contributed by atoms with van der Waals surface area (Å²) in [5.74, 6) is 0.0226. The quantitative estimate of drug-likeness (QED) is 0.674. The predicted molar refractivity (Wildman–Crippen MR) is 66.7 cm³/mol. The van der Waals surface area contributed by atoms with E-state index in [1.165, 1.54) is 0 Å². The van der Waals surface area contributed by atoms with Crippen LogP contribution in [0.15, 0.2) is 24.4 Å². The molecule has 0 aromatic carbocycles. The molecule has 94 valence electrons. The standard InChI is InChI=1S/C13H20N2O2/c1-3-10-17-11-13(16)15(2)9-7-12-6-4-5-8-14-12/h4-6,8H,3,7,9-11H2,1-2H3. The van der Waals surface area contributed by atoms with Crippen LogP contribution < -0.4 is 0 Å². The number of amides is 1. The van der Waals surface area contributed by atoms with Gasteiger partial charge in [0.05, 0.1) is 0 Å². The van der Waals surface area contributed by atoms with Gasteiger partial charge in [0.15, 0.2) is 0 Å². The van der Waals surface area contributed by atoms with Crippen molar-refractivity contribution in [3.8, 4) is 0 Å². The zero-order valence-corrected chi connectivity index (χ0v) is 10.6. The van der Waals surface area contributed by atoms with Crippen molar-refractivity contribution >= 4 is 5.91 Å². The summed E-state index contributed by atoms with van der Waals surface area (Å²) < 4.78 is 5.21. The van der Waals surface area contributed by atoms with Crippen LogP contribution in [0.2, 0.25) is 0 Å². The molecule has 0 aliphatic heterocycles. The maximum atomic E-state index is 11.6. The van der Waals surface area contributed by atoms with Crippen LogP contribution in [-0.4, -0.2) is 42.6 Å². The number of likely N-dealkylation sites (N-methyl/N-ethyl adjacent to an activating group) is 1. The number of carbonyl (C=O) groups excluding carboxylic acids is 1. The minimum absolute atomic E-state index is 0.0226. The molecule has 0 atom stereocenters. The molecule has 0 radical (unpaired) electrons. The summed E-state index contributed by atoms with van der Waals surface area (Å²) in [7, 11) is 1.79. The maximum Gasteiger partial charge on any atom is 0.248 e. The van der Waals surface area contributed by atoms with E-state index in [9.17, 15) is 4.79 Å². The van der Waals surface area contributed by atoms with Crippen LogP contribution in [0.25, 0.3) is 0 Å². The van der Waals surface area contributed by atoms with Gasteiger partial charge in [-0.15, -0.1) is 0 Å². The Morgan fingerprint density at radius 3 is 2.94 bits per heavy atom. The summed E-state index contributed by atoms with van der Waals surface area (Å²) in [6.07, 6.45) is 3.48. The molecule has 1 amide bonds. The van der Waals surface area contributed by atoms with Gasteiger partial charge in [-0.3, -0.25) is 9.78 Å². The molecule has 0 saturated carbocycles. The molecular weight excluding hydrogens is 216 g/mol. The SMILES string of the molecule is CCCOCC(=O)N(C)CCc1ccccn1. The van der Waals surface area contributed by atoms with E-state index in [0.717, 1.165) is 18.5 Å². The first kappa shape index (κ1) is 13.6. The molecule has 1 heterocycles. The highest BCUT2D eigenvalue weighted by Gasteiger charge is 2.08. The fraction of sp³-hybridized carbons (Fsp3) is 0.538. The van der Waals surface area contributed by atoms with Gasteiger partial charge < -0.3 is 9.64 Å². The second-order valence-electron chi connectivity index (χ2n) is 3.94. The molecule has 0 spiro atoms. The van der Waals surface area contributed by atoms with Gasteiger partial charge in [0.25, 0.3) is 0 Å². The number of pyridine rings is 1. The topological polar surface area (TPSA) is 42.4 Å². The first-order chi connectivity index (χ1) is 8.24. The molecule has 0 aliphatic carbocycles. The molecule has 0 N–H and O–H groups in total. The molecular formula is C13H20N2O2. The fourth-order valence-electron chi connectivity index (χ4n) is 1.37. The van der Waals surface area contributed by atoms with Crippen LogP contribution in [-0.2, 0) is 16.0 Å². The normalized spacial score (nSPS) is 10.2. The second-order valence-corrected chi connectivity index (χ2v) is 3.94. The third-order valence-electron chi connectivity index (χ3n) is 2.43. The molecule has 1 aromatic heterocycles. The third-order valence-corrected chi connectivity index (χ3v) is 2.43. The van der Waals surface area contributed by atoms with Crippen LogP contribution in [0.4, 0.5) is 0 Å². The van der Waals surface area contributed by atoms with Crippen molar-refractivity contribution < 1.29 is 9.53 Å². The number of nitrogens with zero attached hydrogens (tertiary/aromatic N) is 2. The van der Waals surface area contributed by atoms with Gasteiger partial charge in [0, 0.05) is 38.5 Å². The maximum absolute atomic E-state index is 11.6. The van der Waals surface area contributed by atoms with Crippen molar-refractivity contribution in [3.63, 3.8) is 0 Å². The summed E-state index contributed by atoms with van der Waals surface area (Å²) in [5, 5.41) is 0. The van der Waals surface area contributed by atoms with Crippen molar-refractivity contribution in [2.75, 3.05) is 26.8 Å². The van der Waals surface area contributed by atoms with Crippen LogP contribution in [0, 0.1) is 0 Å². The number of hydrogen-bond acceptors (Lipinski definition) is 3. The highest BCUT2D eigenvalue weighted by atomic mass is 16.5. The van der Waals surface area contributed by atoms with E-state index in [4.69, 9.17) is 4.74 Å². The minimum Gasteiger partial charge on any atom is -0.372 e. The van der Waals surface area contributed by atoms with Crippen LogP contribution in [0.1, 0.15) is 19.0 Å². The average molecular weight is 236 g/mol. The molecule has 1 rings (SSSR count). The van der Waals surface area contributed by atoms with E-state index in [2.05, 4.69) is 4.98 Å². The van der Waals surface area contributed by atoms with Crippen molar-refractivity contribution in [3.05, 3.63) is 30.1 Å². The smallest absolute Gasteiger partial charge is 0.248 e. The first-order valence-corrected chi connectivity index (χ1v) is 5.95. The highest BCUT2D eigenvalue weighted by molar-refractivity contribution is 5.77. The van der Waals surface area contributed by atoms with Gasteiger partial charge in [0.2, 0.25) is 5.91 Å². The van der Waals surface area contributed by atoms with E-state index in [1.54, 1.807) is 18.1 Å². The fourth-order valence-corrected chi connectivity index (χ4v) is 1.37. The molecule has 0 fully saturated rings. The van der Waals surface area contributed by atoms with Crippen LogP contribution in [0.5, 0.6) is 0 Å². The van der Waals surface area contributed by atoms with Gasteiger partial charge in [-0.25, -0.2) is 0 Å². The number of aromatic nitrogens is 1. The molecule has 1 aromatic rings. The van der Waals surface area contributed by atoms with Gasteiger partial charge in [-0.2, -0.15) is 0 Å². The Labute approximate surface area is 103 Å². The Balaban J connectivity index is 2.24. The monoisotopic (exact) mass is 236 g/mol. The van der Waals surface area contributed by atoms with E-state index < -0.39 is 0 Å². The Kier molecular flexibility index (Phi) is 6.25. The lowest BCUT2D eigenvalue weighted by Crippen LogP contribution is -2.32. The van der Waals surface area contributed by atoms with E-state index in [-0.39, 0.29) is 12.5 Å². The predicted octanol–water partition coefficient (Wildman–Crippen LogP) is 1.51. The van der Waals surface area contributed by atoms with Crippen LogP contribution in [0.3, 0.4) is 0 Å².